The normalized spacial score (nSPS) is 16.1. The van der Waals surface area contributed by atoms with E-state index in [1.807, 2.05) is 0 Å². The first-order chi connectivity index (χ1) is 7.19. The monoisotopic (exact) mass is 216 g/mol. The highest BCUT2D eigenvalue weighted by Crippen LogP contribution is 2.04. The summed E-state index contributed by atoms with van der Waals surface area (Å²) in [7, 11) is 1.35. The number of nitrogens with zero attached hydrogens (tertiary/aromatic N) is 2. The van der Waals surface area contributed by atoms with Gasteiger partial charge in [0, 0.05) is 26.2 Å². The van der Waals surface area contributed by atoms with Crippen molar-refractivity contribution in [2.75, 3.05) is 39.9 Å². The van der Waals surface area contributed by atoms with Crippen molar-refractivity contribution < 1.29 is 19.1 Å². The number of hydrogen-bond donors (Lipinski definition) is 0. The number of carbonyl (C=O) groups excluding carboxylic acids is 2. The second-order valence-electron chi connectivity index (χ2n) is 3.14. The minimum atomic E-state index is -0.349. The van der Waals surface area contributed by atoms with Gasteiger partial charge in [-0.25, -0.2) is 9.59 Å². The Kier molecular flexibility index (Phi) is 4.20. The molecule has 15 heavy (non-hydrogen) atoms. The van der Waals surface area contributed by atoms with Crippen LogP contribution in [0.25, 0.3) is 0 Å². The molecule has 0 radical (unpaired) electrons. The van der Waals surface area contributed by atoms with Crippen LogP contribution in [0.5, 0.6) is 0 Å². The summed E-state index contributed by atoms with van der Waals surface area (Å²) in [5.74, 6) is 0. The van der Waals surface area contributed by atoms with Crippen molar-refractivity contribution in [1.29, 1.82) is 0 Å². The van der Waals surface area contributed by atoms with E-state index >= 15 is 0 Å². The van der Waals surface area contributed by atoms with Gasteiger partial charge in [0.2, 0.25) is 0 Å². The number of methoxy groups -OCH3 is 1. The molecule has 0 aromatic carbocycles. The number of ether oxygens (including phenoxy) is 2. The smallest absolute Gasteiger partial charge is 0.409 e. The van der Waals surface area contributed by atoms with Gasteiger partial charge in [0.05, 0.1) is 13.7 Å². The van der Waals surface area contributed by atoms with Crippen LogP contribution in [0.15, 0.2) is 0 Å². The molecule has 1 saturated heterocycles. The minimum absolute atomic E-state index is 0.318. The zero-order chi connectivity index (χ0) is 11.3. The third-order valence-electron chi connectivity index (χ3n) is 2.24. The number of rotatable bonds is 1. The first-order valence-corrected chi connectivity index (χ1v) is 4.93. The Morgan fingerprint density at radius 2 is 1.53 bits per heavy atom. The fraction of sp³-hybridized carbons (Fsp3) is 0.778. The molecule has 1 fully saturated rings. The Morgan fingerprint density at radius 1 is 1.07 bits per heavy atom. The van der Waals surface area contributed by atoms with E-state index in [2.05, 4.69) is 4.74 Å². The van der Waals surface area contributed by atoms with Crippen LogP contribution in [-0.2, 0) is 9.47 Å². The van der Waals surface area contributed by atoms with Crippen molar-refractivity contribution in [3.05, 3.63) is 0 Å². The zero-order valence-electron chi connectivity index (χ0n) is 9.06. The van der Waals surface area contributed by atoms with Crippen LogP contribution in [0.2, 0.25) is 0 Å². The van der Waals surface area contributed by atoms with E-state index in [0.29, 0.717) is 32.8 Å². The molecule has 2 amide bonds. The van der Waals surface area contributed by atoms with E-state index in [4.69, 9.17) is 4.74 Å². The average Bonchev–Trinajstić information content (AvgIpc) is 2.28. The van der Waals surface area contributed by atoms with E-state index in [1.54, 1.807) is 16.7 Å². The van der Waals surface area contributed by atoms with Gasteiger partial charge in [-0.3, -0.25) is 0 Å². The fourth-order valence-electron chi connectivity index (χ4n) is 1.42. The van der Waals surface area contributed by atoms with Gasteiger partial charge in [-0.05, 0) is 6.92 Å². The Balaban J connectivity index is 2.35. The maximum atomic E-state index is 11.3. The molecule has 1 aliphatic heterocycles. The van der Waals surface area contributed by atoms with E-state index in [0.717, 1.165) is 0 Å². The lowest BCUT2D eigenvalue weighted by Gasteiger charge is -2.32. The van der Waals surface area contributed by atoms with E-state index in [9.17, 15) is 9.59 Å². The molecule has 0 N–H and O–H groups in total. The molecule has 0 aliphatic carbocycles. The Hall–Kier alpha value is -1.46. The molecular formula is C9H16N2O4. The lowest BCUT2D eigenvalue weighted by atomic mass is 10.3. The molecule has 86 valence electrons. The summed E-state index contributed by atoms with van der Waals surface area (Å²) in [6, 6.07) is 0. The Morgan fingerprint density at radius 3 is 1.93 bits per heavy atom. The molecule has 1 heterocycles. The molecule has 0 bridgehead atoms. The highest BCUT2D eigenvalue weighted by Gasteiger charge is 2.24. The molecule has 0 aromatic heterocycles. The van der Waals surface area contributed by atoms with Crippen molar-refractivity contribution in [1.82, 2.24) is 9.80 Å². The summed E-state index contributed by atoms with van der Waals surface area (Å²) in [5.41, 5.74) is 0. The maximum Gasteiger partial charge on any atom is 0.409 e. The van der Waals surface area contributed by atoms with Gasteiger partial charge in [0.25, 0.3) is 0 Å². The highest BCUT2D eigenvalue weighted by molar-refractivity contribution is 5.70. The quantitative estimate of drug-likeness (QED) is 0.641. The summed E-state index contributed by atoms with van der Waals surface area (Å²) < 4.78 is 9.44. The number of piperazine rings is 1. The standard InChI is InChI=1S/C9H16N2O4/c1-3-15-9(13)11-6-4-10(5-7-11)8(12)14-2/h3-7H2,1-2H3. The zero-order valence-corrected chi connectivity index (χ0v) is 9.06. The Bertz CT molecular complexity index is 236. The summed E-state index contributed by atoms with van der Waals surface area (Å²) >= 11 is 0. The van der Waals surface area contributed by atoms with Crippen LogP contribution in [0.3, 0.4) is 0 Å². The molecule has 1 rings (SSSR count). The largest absolute Gasteiger partial charge is 0.453 e. The third-order valence-corrected chi connectivity index (χ3v) is 2.24. The summed E-state index contributed by atoms with van der Waals surface area (Å²) in [5, 5.41) is 0. The van der Waals surface area contributed by atoms with Gasteiger partial charge < -0.3 is 19.3 Å². The van der Waals surface area contributed by atoms with Crippen molar-refractivity contribution in [2.45, 2.75) is 6.92 Å². The van der Waals surface area contributed by atoms with Crippen LogP contribution in [-0.4, -0.2) is 61.9 Å². The molecule has 0 saturated carbocycles. The van der Waals surface area contributed by atoms with Crippen LogP contribution in [0, 0.1) is 0 Å². The molecule has 0 atom stereocenters. The second kappa shape index (κ2) is 5.43. The van der Waals surface area contributed by atoms with Crippen molar-refractivity contribution in [2.24, 2.45) is 0 Å². The fourth-order valence-corrected chi connectivity index (χ4v) is 1.42. The van der Waals surface area contributed by atoms with E-state index < -0.39 is 0 Å². The molecule has 0 spiro atoms. The predicted octanol–water partition coefficient (Wildman–Crippen LogP) is 0.527. The molecule has 0 aromatic rings. The van der Waals surface area contributed by atoms with Gasteiger partial charge >= 0.3 is 12.2 Å². The van der Waals surface area contributed by atoms with Gasteiger partial charge in [0.15, 0.2) is 0 Å². The second-order valence-corrected chi connectivity index (χ2v) is 3.14. The first kappa shape index (κ1) is 11.6. The minimum Gasteiger partial charge on any atom is -0.453 e. The summed E-state index contributed by atoms with van der Waals surface area (Å²) in [6.07, 6.45) is -0.666. The summed E-state index contributed by atoms with van der Waals surface area (Å²) in [4.78, 5) is 25.6. The van der Waals surface area contributed by atoms with Crippen LogP contribution >= 0.6 is 0 Å². The van der Waals surface area contributed by atoms with Crippen molar-refractivity contribution >= 4 is 12.2 Å². The SMILES string of the molecule is CCOC(=O)N1CCN(C(=O)OC)CC1. The van der Waals surface area contributed by atoms with Gasteiger partial charge in [-0.15, -0.1) is 0 Å². The van der Waals surface area contributed by atoms with Crippen molar-refractivity contribution in [3.8, 4) is 0 Å². The van der Waals surface area contributed by atoms with Gasteiger partial charge in [-0.1, -0.05) is 0 Å². The topological polar surface area (TPSA) is 59.1 Å². The molecule has 6 nitrogen and oxygen atoms in total. The number of amides is 2. The molecule has 1 aliphatic rings. The molecular weight excluding hydrogens is 200 g/mol. The Labute approximate surface area is 88.7 Å². The highest BCUT2D eigenvalue weighted by atomic mass is 16.6. The van der Waals surface area contributed by atoms with Crippen LogP contribution in [0.1, 0.15) is 6.92 Å². The lowest BCUT2D eigenvalue weighted by molar-refractivity contribution is 0.0699. The average molecular weight is 216 g/mol. The molecule has 0 unspecified atom stereocenters. The predicted molar refractivity (Wildman–Crippen MR) is 52.6 cm³/mol. The van der Waals surface area contributed by atoms with E-state index in [-0.39, 0.29) is 12.2 Å². The van der Waals surface area contributed by atoms with Crippen molar-refractivity contribution in [3.63, 3.8) is 0 Å². The maximum absolute atomic E-state index is 11.3. The lowest BCUT2D eigenvalue weighted by Crippen LogP contribution is -2.50. The third kappa shape index (κ3) is 3.00. The summed E-state index contributed by atoms with van der Waals surface area (Å²) in [6.45, 7) is 4.11. The van der Waals surface area contributed by atoms with Gasteiger partial charge in [0.1, 0.15) is 0 Å². The van der Waals surface area contributed by atoms with Gasteiger partial charge in [-0.2, -0.15) is 0 Å². The van der Waals surface area contributed by atoms with E-state index in [1.165, 1.54) is 7.11 Å². The number of hydrogen-bond acceptors (Lipinski definition) is 4. The number of carbonyl (C=O) groups is 2. The first-order valence-electron chi connectivity index (χ1n) is 4.93. The molecule has 6 heteroatoms. The van der Waals surface area contributed by atoms with Crippen LogP contribution < -0.4 is 0 Å². The van der Waals surface area contributed by atoms with Crippen LogP contribution in [0.4, 0.5) is 9.59 Å².